The molecule has 0 aliphatic rings. The normalized spacial score (nSPS) is 8.85. The van der Waals surface area contributed by atoms with Gasteiger partial charge in [0.25, 0.3) is 0 Å². The van der Waals surface area contributed by atoms with Gasteiger partial charge in [-0.3, -0.25) is 0 Å². The topological polar surface area (TPSA) is 89.9 Å². The lowest BCUT2D eigenvalue weighted by atomic mass is 10.1. The molecule has 0 heterocycles. The second kappa shape index (κ2) is 19.0. The third-order valence-electron chi connectivity index (χ3n) is 2.74. The average Bonchev–Trinajstić information content (AvgIpc) is 2.57. The van der Waals surface area contributed by atoms with E-state index in [1.807, 2.05) is 0 Å². The van der Waals surface area contributed by atoms with E-state index in [0.29, 0.717) is 12.2 Å². The molecule has 0 aromatic rings. The van der Waals surface area contributed by atoms with Crippen LogP contribution in [0.1, 0.15) is 53.4 Å². The number of hydrogen-bond donors (Lipinski definition) is 1. The Labute approximate surface area is 157 Å². The maximum atomic E-state index is 10.6. The number of carboxylic acid groups (broad SMARTS) is 1. The number of rotatable bonds is 9. The molecular formula is C20H34O6. The molecule has 6 heteroatoms. The van der Waals surface area contributed by atoms with Crippen LogP contribution < -0.4 is 0 Å². The Morgan fingerprint density at radius 1 is 1.04 bits per heavy atom. The van der Waals surface area contributed by atoms with Gasteiger partial charge in [0.15, 0.2) is 0 Å². The van der Waals surface area contributed by atoms with Crippen LogP contribution in [0.5, 0.6) is 0 Å². The number of unbranched alkanes of at least 4 members (excludes halogenated alkanes) is 2. The van der Waals surface area contributed by atoms with E-state index < -0.39 is 5.97 Å². The van der Waals surface area contributed by atoms with Crippen molar-refractivity contribution in [2.24, 2.45) is 5.92 Å². The van der Waals surface area contributed by atoms with Crippen LogP contribution in [-0.2, 0) is 23.9 Å². The summed E-state index contributed by atoms with van der Waals surface area (Å²) in [5.41, 5.74) is 0.609. The number of carbonyl (C=O) groups is 3. The van der Waals surface area contributed by atoms with Gasteiger partial charge in [-0.05, 0) is 26.2 Å². The standard InChI is InChI=1S/C11H20O2.C5H8O2.C4H6O2/c1-4-11(12)13-9-7-5-6-8-10(2)3;1-4(2)5(6)7-3;1-3(2)4(5)6/h4,10H,1,5-9H2,2-3H3;1H2,2-3H3;1H2,2H3,(H,5,6). The highest BCUT2D eigenvalue weighted by molar-refractivity contribution is 5.86. The molecule has 0 aromatic heterocycles. The van der Waals surface area contributed by atoms with Gasteiger partial charge < -0.3 is 14.6 Å². The van der Waals surface area contributed by atoms with Gasteiger partial charge in [-0.25, -0.2) is 14.4 Å². The zero-order valence-electron chi connectivity index (χ0n) is 16.8. The van der Waals surface area contributed by atoms with Gasteiger partial charge in [-0.1, -0.05) is 52.8 Å². The highest BCUT2D eigenvalue weighted by Crippen LogP contribution is 2.07. The monoisotopic (exact) mass is 370 g/mol. The summed E-state index contributed by atoms with van der Waals surface area (Å²) in [5, 5.41) is 7.89. The fourth-order valence-electron chi connectivity index (χ4n) is 1.24. The minimum atomic E-state index is -0.935. The number of esters is 2. The lowest BCUT2D eigenvalue weighted by molar-refractivity contribution is -0.138. The van der Waals surface area contributed by atoms with Crippen LogP contribution >= 0.6 is 0 Å². The fraction of sp³-hybridized carbons (Fsp3) is 0.550. The molecule has 0 fully saturated rings. The van der Waals surface area contributed by atoms with Crippen molar-refractivity contribution in [1.29, 1.82) is 0 Å². The number of aliphatic carboxylic acids is 1. The van der Waals surface area contributed by atoms with Crippen LogP contribution in [0, 0.1) is 5.92 Å². The van der Waals surface area contributed by atoms with E-state index in [2.05, 4.69) is 38.3 Å². The Balaban J connectivity index is -0.000000342. The largest absolute Gasteiger partial charge is 0.478 e. The first-order valence-electron chi connectivity index (χ1n) is 8.41. The van der Waals surface area contributed by atoms with Gasteiger partial charge in [0.2, 0.25) is 0 Å². The summed E-state index contributed by atoms with van der Waals surface area (Å²) in [7, 11) is 1.33. The van der Waals surface area contributed by atoms with Crippen molar-refractivity contribution in [1.82, 2.24) is 0 Å². The number of ether oxygens (including phenoxy) is 2. The third-order valence-corrected chi connectivity index (χ3v) is 2.74. The van der Waals surface area contributed by atoms with Gasteiger partial charge in [0.05, 0.1) is 13.7 Å². The van der Waals surface area contributed by atoms with Crippen LogP contribution in [0.4, 0.5) is 0 Å². The van der Waals surface area contributed by atoms with Crippen LogP contribution in [0.15, 0.2) is 37.0 Å². The van der Waals surface area contributed by atoms with Crippen molar-refractivity contribution in [3.8, 4) is 0 Å². The summed E-state index contributed by atoms with van der Waals surface area (Å²) in [5.74, 6) is -0.824. The van der Waals surface area contributed by atoms with Gasteiger partial charge in [-0.2, -0.15) is 0 Å². The Bertz CT molecular complexity index is 451. The second-order valence-corrected chi connectivity index (χ2v) is 5.97. The van der Waals surface area contributed by atoms with Gasteiger partial charge in [0.1, 0.15) is 0 Å². The van der Waals surface area contributed by atoms with Crippen molar-refractivity contribution < 1.29 is 29.0 Å². The van der Waals surface area contributed by atoms with E-state index in [9.17, 15) is 14.4 Å². The summed E-state index contributed by atoms with van der Waals surface area (Å²) in [4.78, 5) is 30.4. The third kappa shape index (κ3) is 26.5. The zero-order valence-corrected chi connectivity index (χ0v) is 16.8. The first kappa shape index (κ1) is 28.4. The Kier molecular flexibility index (Phi) is 20.7. The molecular weight excluding hydrogens is 336 g/mol. The molecule has 0 saturated carbocycles. The van der Waals surface area contributed by atoms with E-state index in [1.54, 1.807) is 6.92 Å². The number of carbonyl (C=O) groups excluding carboxylic acids is 2. The molecule has 6 nitrogen and oxygen atoms in total. The van der Waals surface area contributed by atoms with E-state index in [4.69, 9.17) is 9.84 Å². The van der Waals surface area contributed by atoms with Crippen LogP contribution in [0.25, 0.3) is 0 Å². The average molecular weight is 370 g/mol. The minimum Gasteiger partial charge on any atom is -0.478 e. The van der Waals surface area contributed by atoms with E-state index >= 15 is 0 Å². The molecule has 0 saturated heterocycles. The van der Waals surface area contributed by atoms with Gasteiger partial charge in [0, 0.05) is 17.2 Å². The van der Waals surface area contributed by atoms with E-state index in [1.165, 1.54) is 33.0 Å². The predicted molar refractivity (Wildman–Crippen MR) is 104 cm³/mol. The Morgan fingerprint density at radius 3 is 1.81 bits per heavy atom. The molecule has 1 N–H and O–H groups in total. The van der Waals surface area contributed by atoms with E-state index in [0.717, 1.165) is 18.8 Å². The minimum absolute atomic E-state index is 0.176. The molecule has 0 amide bonds. The van der Waals surface area contributed by atoms with Crippen molar-refractivity contribution >= 4 is 17.9 Å². The van der Waals surface area contributed by atoms with Gasteiger partial charge >= 0.3 is 17.9 Å². The van der Waals surface area contributed by atoms with Crippen molar-refractivity contribution in [3.05, 3.63) is 37.0 Å². The second-order valence-electron chi connectivity index (χ2n) is 5.97. The molecule has 0 bridgehead atoms. The molecule has 0 radical (unpaired) electrons. The quantitative estimate of drug-likeness (QED) is 0.369. The number of hydrogen-bond acceptors (Lipinski definition) is 5. The molecule has 0 spiro atoms. The van der Waals surface area contributed by atoms with E-state index in [-0.39, 0.29) is 17.5 Å². The van der Waals surface area contributed by atoms with Crippen LogP contribution in [-0.4, -0.2) is 36.7 Å². The lowest BCUT2D eigenvalue weighted by Crippen LogP contribution is -2.01. The van der Waals surface area contributed by atoms with Crippen molar-refractivity contribution in [3.63, 3.8) is 0 Å². The molecule has 0 aromatic carbocycles. The molecule has 0 unspecified atom stereocenters. The Morgan fingerprint density at radius 2 is 1.54 bits per heavy atom. The first-order chi connectivity index (χ1) is 12.0. The summed E-state index contributed by atoms with van der Waals surface area (Å²) in [6.45, 7) is 17.9. The highest BCUT2D eigenvalue weighted by atomic mass is 16.5. The number of carboxylic acids is 1. The highest BCUT2D eigenvalue weighted by Gasteiger charge is 1.97. The van der Waals surface area contributed by atoms with Gasteiger partial charge in [-0.15, -0.1) is 0 Å². The molecule has 0 aliphatic heterocycles. The summed E-state index contributed by atoms with van der Waals surface area (Å²) < 4.78 is 9.11. The lowest BCUT2D eigenvalue weighted by Gasteiger charge is -2.04. The molecule has 0 rings (SSSR count). The molecule has 0 atom stereocenters. The molecule has 150 valence electrons. The summed E-state index contributed by atoms with van der Waals surface area (Å²) in [6.07, 6.45) is 5.79. The maximum absolute atomic E-state index is 10.6. The zero-order chi connectivity index (χ0) is 21.1. The smallest absolute Gasteiger partial charge is 0.332 e. The molecule has 26 heavy (non-hydrogen) atoms. The summed E-state index contributed by atoms with van der Waals surface area (Å²) >= 11 is 0. The Hall–Kier alpha value is -2.37. The summed E-state index contributed by atoms with van der Waals surface area (Å²) in [6, 6.07) is 0. The predicted octanol–water partition coefficient (Wildman–Crippen LogP) is 4.31. The SMILES string of the molecule is C=C(C)C(=O)O.C=C(C)C(=O)OC.C=CC(=O)OCCCCCC(C)C. The molecule has 0 aliphatic carbocycles. The fourth-order valence-corrected chi connectivity index (χ4v) is 1.24. The first-order valence-corrected chi connectivity index (χ1v) is 8.41. The van der Waals surface area contributed by atoms with Crippen LogP contribution in [0.2, 0.25) is 0 Å². The van der Waals surface area contributed by atoms with Crippen molar-refractivity contribution in [2.45, 2.75) is 53.4 Å². The maximum Gasteiger partial charge on any atom is 0.332 e. The van der Waals surface area contributed by atoms with Crippen LogP contribution in [0.3, 0.4) is 0 Å². The number of methoxy groups -OCH3 is 1. The van der Waals surface area contributed by atoms with Crippen molar-refractivity contribution in [2.75, 3.05) is 13.7 Å².